The lowest BCUT2D eigenvalue weighted by Gasteiger charge is -2.05. The molecular formula is C13H13FN2OS. The number of carbonyl (C=O) groups is 1. The average Bonchev–Trinajstić information content (AvgIpc) is 2.57. The van der Waals surface area contributed by atoms with E-state index in [2.05, 4.69) is 10.3 Å². The van der Waals surface area contributed by atoms with E-state index in [4.69, 9.17) is 0 Å². The first kappa shape index (κ1) is 12.7. The van der Waals surface area contributed by atoms with Gasteiger partial charge in [-0.25, -0.2) is 9.37 Å². The van der Waals surface area contributed by atoms with Gasteiger partial charge in [0.25, 0.3) is 5.91 Å². The average molecular weight is 264 g/mol. The van der Waals surface area contributed by atoms with Gasteiger partial charge in [0.05, 0.1) is 5.69 Å². The monoisotopic (exact) mass is 264 g/mol. The van der Waals surface area contributed by atoms with Crippen LogP contribution < -0.4 is 5.32 Å². The lowest BCUT2D eigenvalue weighted by molar-refractivity contribution is 0.102. The fraction of sp³-hybridized carbons (Fsp3) is 0.231. The van der Waals surface area contributed by atoms with Crippen molar-refractivity contribution in [2.24, 2.45) is 0 Å². The van der Waals surface area contributed by atoms with Gasteiger partial charge in [-0.05, 0) is 44.5 Å². The summed E-state index contributed by atoms with van der Waals surface area (Å²) < 4.78 is 13.0. The summed E-state index contributed by atoms with van der Waals surface area (Å²) in [6, 6.07) is 4.10. The first-order chi connectivity index (χ1) is 8.47. The Labute approximate surface area is 109 Å². The van der Waals surface area contributed by atoms with Gasteiger partial charge in [-0.15, -0.1) is 11.3 Å². The molecule has 2 rings (SSSR count). The van der Waals surface area contributed by atoms with Crippen molar-refractivity contribution in [2.45, 2.75) is 20.8 Å². The highest BCUT2D eigenvalue weighted by atomic mass is 32.1. The van der Waals surface area contributed by atoms with Gasteiger partial charge in [-0.2, -0.15) is 0 Å². The number of rotatable bonds is 2. The molecule has 1 aromatic heterocycles. The summed E-state index contributed by atoms with van der Waals surface area (Å²) in [7, 11) is 0. The van der Waals surface area contributed by atoms with E-state index in [0.29, 0.717) is 16.3 Å². The summed E-state index contributed by atoms with van der Waals surface area (Å²) in [6.45, 7) is 5.55. The number of anilines is 1. The maximum Gasteiger partial charge on any atom is 0.257 e. The molecule has 5 heteroatoms. The van der Waals surface area contributed by atoms with Gasteiger partial charge in [0.2, 0.25) is 0 Å². The summed E-state index contributed by atoms with van der Waals surface area (Å²) in [5.41, 5.74) is 1.98. The summed E-state index contributed by atoms with van der Waals surface area (Å²) in [5, 5.41) is 3.29. The van der Waals surface area contributed by atoms with Crippen molar-refractivity contribution in [3.63, 3.8) is 0 Å². The molecule has 0 bridgehead atoms. The van der Waals surface area contributed by atoms with Crippen LogP contribution in [0.4, 0.5) is 9.52 Å². The number of aryl methyl sites for hydroxylation is 3. The van der Waals surface area contributed by atoms with E-state index >= 15 is 0 Å². The third-order valence-electron chi connectivity index (χ3n) is 2.68. The van der Waals surface area contributed by atoms with E-state index in [1.54, 1.807) is 6.92 Å². The Morgan fingerprint density at radius 2 is 2.06 bits per heavy atom. The smallest absolute Gasteiger partial charge is 0.257 e. The van der Waals surface area contributed by atoms with Crippen LogP contribution in [-0.2, 0) is 0 Å². The van der Waals surface area contributed by atoms with E-state index in [-0.39, 0.29) is 11.7 Å². The van der Waals surface area contributed by atoms with Gasteiger partial charge in [-0.3, -0.25) is 10.1 Å². The molecule has 2 aromatic rings. The molecule has 0 aliphatic rings. The van der Waals surface area contributed by atoms with Crippen LogP contribution in [0.1, 0.15) is 26.5 Å². The predicted octanol–water partition coefficient (Wildman–Crippen LogP) is 3.46. The van der Waals surface area contributed by atoms with Crippen LogP contribution in [0.15, 0.2) is 18.2 Å². The van der Waals surface area contributed by atoms with E-state index in [9.17, 15) is 9.18 Å². The second-order valence-electron chi connectivity index (χ2n) is 4.07. The van der Waals surface area contributed by atoms with Crippen molar-refractivity contribution in [3.05, 3.63) is 45.7 Å². The molecule has 3 nitrogen and oxygen atoms in total. The van der Waals surface area contributed by atoms with Crippen molar-refractivity contribution in [1.82, 2.24) is 4.98 Å². The zero-order valence-electron chi connectivity index (χ0n) is 10.4. The third kappa shape index (κ3) is 2.56. The molecule has 0 saturated heterocycles. The summed E-state index contributed by atoms with van der Waals surface area (Å²) in [6.07, 6.45) is 0. The standard InChI is InChI=1S/C13H13FN2OS/c1-7-6-10(14)4-5-11(7)12(17)16-13-15-8(2)9(3)18-13/h4-6H,1-3H3,(H,15,16,17). The maximum atomic E-state index is 13.0. The van der Waals surface area contributed by atoms with Crippen LogP contribution in [0.5, 0.6) is 0 Å². The van der Waals surface area contributed by atoms with E-state index in [1.165, 1.54) is 29.5 Å². The SMILES string of the molecule is Cc1cc(F)ccc1C(=O)Nc1nc(C)c(C)s1. The van der Waals surface area contributed by atoms with Crippen LogP contribution in [0.25, 0.3) is 0 Å². The summed E-state index contributed by atoms with van der Waals surface area (Å²) >= 11 is 1.43. The summed E-state index contributed by atoms with van der Waals surface area (Å²) in [5.74, 6) is -0.605. The number of benzene rings is 1. The molecule has 0 spiro atoms. The first-order valence-electron chi connectivity index (χ1n) is 5.49. The Balaban J connectivity index is 2.22. The van der Waals surface area contributed by atoms with E-state index in [1.807, 2.05) is 13.8 Å². The number of thiazole rings is 1. The number of nitrogens with zero attached hydrogens (tertiary/aromatic N) is 1. The third-order valence-corrected chi connectivity index (χ3v) is 3.67. The Bertz CT molecular complexity index is 588. The normalized spacial score (nSPS) is 10.4. The van der Waals surface area contributed by atoms with Gasteiger partial charge < -0.3 is 0 Å². The van der Waals surface area contributed by atoms with E-state index in [0.717, 1.165) is 10.6 Å². The lowest BCUT2D eigenvalue weighted by atomic mass is 10.1. The van der Waals surface area contributed by atoms with Crippen LogP contribution in [-0.4, -0.2) is 10.9 Å². The quantitative estimate of drug-likeness (QED) is 0.902. The van der Waals surface area contributed by atoms with Crippen molar-refractivity contribution in [1.29, 1.82) is 0 Å². The van der Waals surface area contributed by atoms with Gasteiger partial charge in [0.15, 0.2) is 5.13 Å². The summed E-state index contributed by atoms with van der Waals surface area (Å²) in [4.78, 5) is 17.3. The van der Waals surface area contributed by atoms with E-state index < -0.39 is 0 Å². The fourth-order valence-electron chi connectivity index (χ4n) is 1.57. The number of hydrogen-bond donors (Lipinski definition) is 1. The molecule has 0 unspecified atom stereocenters. The highest BCUT2D eigenvalue weighted by Gasteiger charge is 2.12. The maximum absolute atomic E-state index is 13.0. The molecule has 94 valence electrons. The lowest BCUT2D eigenvalue weighted by Crippen LogP contribution is -2.13. The van der Waals surface area contributed by atoms with Crippen LogP contribution in [0, 0.1) is 26.6 Å². The minimum atomic E-state index is -0.343. The number of amides is 1. The minimum Gasteiger partial charge on any atom is -0.298 e. The number of hydrogen-bond acceptors (Lipinski definition) is 3. The van der Waals surface area contributed by atoms with Crippen molar-refractivity contribution < 1.29 is 9.18 Å². The highest BCUT2D eigenvalue weighted by Crippen LogP contribution is 2.22. The van der Waals surface area contributed by atoms with Gasteiger partial charge >= 0.3 is 0 Å². The Morgan fingerprint density at radius 1 is 1.33 bits per heavy atom. The van der Waals surface area contributed by atoms with Crippen molar-refractivity contribution in [2.75, 3.05) is 5.32 Å². The number of halogens is 1. The number of aromatic nitrogens is 1. The fourth-order valence-corrected chi connectivity index (χ4v) is 2.38. The Hall–Kier alpha value is -1.75. The Morgan fingerprint density at radius 3 is 2.61 bits per heavy atom. The van der Waals surface area contributed by atoms with Crippen LogP contribution in [0.3, 0.4) is 0 Å². The number of nitrogens with one attached hydrogen (secondary N) is 1. The molecule has 18 heavy (non-hydrogen) atoms. The zero-order valence-corrected chi connectivity index (χ0v) is 11.2. The second kappa shape index (κ2) is 4.86. The zero-order chi connectivity index (χ0) is 13.3. The largest absolute Gasteiger partial charge is 0.298 e. The molecule has 0 aliphatic carbocycles. The van der Waals surface area contributed by atoms with Gasteiger partial charge in [0, 0.05) is 10.4 Å². The molecule has 1 amide bonds. The molecule has 1 aromatic carbocycles. The highest BCUT2D eigenvalue weighted by molar-refractivity contribution is 7.15. The predicted molar refractivity (Wildman–Crippen MR) is 70.7 cm³/mol. The van der Waals surface area contributed by atoms with Gasteiger partial charge in [0.1, 0.15) is 5.82 Å². The first-order valence-corrected chi connectivity index (χ1v) is 6.30. The van der Waals surface area contributed by atoms with Gasteiger partial charge in [-0.1, -0.05) is 0 Å². The molecule has 1 N–H and O–H groups in total. The molecule has 1 heterocycles. The van der Waals surface area contributed by atoms with Crippen LogP contribution >= 0.6 is 11.3 Å². The van der Waals surface area contributed by atoms with Crippen molar-refractivity contribution >= 4 is 22.4 Å². The van der Waals surface area contributed by atoms with Crippen molar-refractivity contribution in [3.8, 4) is 0 Å². The second-order valence-corrected chi connectivity index (χ2v) is 5.28. The molecule has 0 saturated carbocycles. The van der Waals surface area contributed by atoms with Crippen LogP contribution in [0.2, 0.25) is 0 Å². The molecule has 0 radical (unpaired) electrons. The number of carbonyl (C=O) groups excluding carboxylic acids is 1. The topological polar surface area (TPSA) is 42.0 Å². The molecule has 0 aliphatic heterocycles. The molecule has 0 fully saturated rings. The molecular weight excluding hydrogens is 251 g/mol. The Kier molecular flexibility index (Phi) is 3.43. The molecule has 0 atom stereocenters. The minimum absolute atomic E-state index is 0.263.